The van der Waals surface area contributed by atoms with Crippen molar-refractivity contribution in [1.29, 1.82) is 0 Å². The highest BCUT2D eigenvalue weighted by Gasteiger charge is 2.18. The minimum atomic E-state index is -0.466. The van der Waals surface area contributed by atoms with Crippen LogP contribution in [0.5, 0.6) is 17.2 Å². The van der Waals surface area contributed by atoms with Gasteiger partial charge in [-0.05, 0) is 17.7 Å². The number of nitrogens with two attached hydrogens (primary N) is 1. The van der Waals surface area contributed by atoms with Gasteiger partial charge in [-0.3, -0.25) is 4.79 Å². The van der Waals surface area contributed by atoms with E-state index in [-0.39, 0.29) is 6.61 Å². The molecule has 1 heterocycles. The summed E-state index contributed by atoms with van der Waals surface area (Å²) in [6.07, 6.45) is 0. The van der Waals surface area contributed by atoms with E-state index >= 15 is 0 Å². The van der Waals surface area contributed by atoms with E-state index in [1.54, 1.807) is 7.11 Å². The third-order valence-electron chi connectivity index (χ3n) is 2.88. The van der Waals surface area contributed by atoms with Crippen molar-refractivity contribution in [2.24, 2.45) is 5.73 Å². The van der Waals surface area contributed by atoms with Crippen molar-refractivity contribution in [3.63, 3.8) is 0 Å². The maximum atomic E-state index is 10.5. The number of methoxy groups -OCH3 is 1. The van der Waals surface area contributed by atoms with Crippen LogP contribution in [0.15, 0.2) is 12.1 Å². The first kappa shape index (κ1) is 15.4. The second-order valence-electron chi connectivity index (χ2n) is 4.52. The smallest absolute Gasteiger partial charge is 0.243 e. The molecule has 0 atom stereocenters. The lowest BCUT2D eigenvalue weighted by Crippen LogP contribution is -2.24. The highest BCUT2D eigenvalue weighted by Crippen LogP contribution is 2.40. The number of amides is 1. The Balaban J connectivity index is 1.84. The molecule has 1 aromatic carbocycles. The molecule has 0 bridgehead atoms. The zero-order valence-corrected chi connectivity index (χ0v) is 12.0. The summed E-state index contributed by atoms with van der Waals surface area (Å²) in [5.74, 6) is 1.54. The molecule has 1 aliphatic rings. The number of fused-ring (bicyclic) bond motifs is 1. The Labute approximate surface area is 123 Å². The predicted molar refractivity (Wildman–Crippen MR) is 75.7 cm³/mol. The monoisotopic (exact) mass is 296 g/mol. The van der Waals surface area contributed by atoms with Gasteiger partial charge in [-0.2, -0.15) is 0 Å². The maximum Gasteiger partial charge on any atom is 0.243 e. The van der Waals surface area contributed by atoms with Gasteiger partial charge in [0.05, 0.1) is 13.7 Å². The lowest BCUT2D eigenvalue weighted by molar-refractivity contribution is -0.122. The topological polar surface area (TPSA) is 92.0 Å². The number of rotatable bonds is 8. The standard InChI is InChI=1S/C14H20N2O5/c1-18-11-6-10(7-12-14(11)21-5-4-20-12)8-16-2-3-19-9-13(15)17/h6-7,16H,2-5,8-9H2,1H3,(H2,15,17). The molecule has 1 aromatic rings. The van der Waals surface area contributed by atoms with Crippen LogP contribution in [0.25, 0.3) is 0 Å². The molecule has 0 fully saturated rings. The summed E-state index contributed by atoms with van der Waals surface area (Å²) < 4.78 is 21.5. The zero-order valence-electron chi connectivity index (χ0n) is 12.0. The maximum absolute atomic E-state index is 10.5. The molecule has 0 radical (unpaired) electrons. The van der Waals surface area contributed by atoms with Crippen LogP contribution in [0.1, 0.15) is 5.56 Å². The van der Waals surface area contributed by atoms with Crippen LogP contribution in [0.3, 0.4) is 0 Å². The third-order valence-corrected chi connectivity index (χ3v) is 2.88. The highest BCUT2D eigenvalue weighted by molar-refractivity contribution is 5.74. The summed E-state index contributed by atoms with van der Waals surface area (Å²) in [6, 6.07) is 3.83. The molecule has 0 saturated carbocycles. The van der Waals surface area contributed by atoms with Gasteiger partial charge < -0.3 is 30.0 Å². The number of hydrogen-bond donors (Lipinski definition) is 2. The number of primary amides is 1. The molecule has 7 heteroatoms. The molecule has 2 rings (SSSR count). The lowest BCUT2D eigenvalue weighted by atomic mass is 10.1. The molecule has 3 N–H and O–H groups in total. The first-order chi connectivity index (χ1) is 10.2. The van der Waals surface area contributed by atoms with Gasteiger partial charge in [0.1, 0.15) is 19.8 Å². The van der Waals surface area contributed by atoms with E-state index < -0.39 is 5.91 Å². The molecule has 1 aliphatic heterocycles. The van der Waals surface area contributed by atoms with E-state index in [2.05, 4.69) is 5.32 Å². The number of benzene rings is 1. The van der Waals surface area contributed by atoms with Crippen LogP contribution in [-0.4, -0.2) is 46.0 Å². The summed E-state index contributed by atoms with van der Waals surface area (Å²) in [7, 11) is 1.60. The van der Waals surface area contributed by atoms with Gasteiger partial charge in [0, 0.05) is 13.1 Å². The fourth-order valence-electron chi connectivity index (χ4n) is 1.98. The molecule has 116 valence electrons. The minimum absolute atomic E-state index is 0.0560. The quantitative estimate of drug-likeness (QED) is 0.659. The summed E-state index contributed by atoms with van der Waals surface area (Å²) in [6.45, 7) is 2.67. The van der Waals surface area contributed by atoms with Crippen molar-refractivity contribution in [3.8, 4) is 17.2 Å². The van der Waals surface area contributed by atoms with E-state index in [1.165, 1.54) is 0 Å². The Kier molecular flexibility index (Phi) is 5.65. The molecule has 1 amide bonds. The number of carbonyl (C=O) groups excluding carboxylic acids is 1. The van der Waals surface area contributed by atoms with Crippen LogP contribution in [0.4, 0.5) is 0 Å². The van der Waals surface area contributed by atoms with Gasteiger partial charge in [0.25, 0.3) is 0 Å². The molecular weight excluding hydrogens is 276 g/mol. The third kappa shape index (κ3) is 4.51. The Morgan fingerprint density at radius 1 is 1.38 bits per heavy atom. The van der Waals surface area contributed by atoms with E-state index in [9.17, 15) is 4.79 Å². The molecule has 7 nitrogen and oxygen atoms in total. The van der Waals surface area contributed by atoms with Crippen LogP contribution < -0.4 is 25.3 Å². The molecule has 0 saturated heterocycles. The average molecular weight is 296 g/mol. The number of carbonyl (C=O) groups is 1. The number of ether oxygens (including phenoxy) is 4. The fraction of sp³-hybridized carbons (Fsp3) is 0.500. The Hall–Kier alpha value is -1.99. The molecule has 0 aromatic heterocycles. The number of hydrogen-bond acceptors (Lipinski definition) is 6. The fourth-order valence-corrected chi connectivity index (χ4v) is 1.98. The molecule has 21 heavy (non-hydrogen) atoms. The zero-order chi connectivity index (χ0) is 15.1. The van der Waals surface area contributed by atoms with Gasteiger partial charge in [-0.25, -0.2) is 0 Å². The second kappa shape index (κ2) is 7.70. The average Bonchev–Trinajstić information content (AvgIpc) is 2.49. The Morgan fingerprint density at radius 2 is 2.19 bits per heavy atom. The summed E-state index contributed by atoms with van der Waals surface area (Å²) in [5, 5.41) is 3.20. The molecular formula is C14H20N2O5. The van der Waals surface area contributed by atoms with E-state index in [0.29, 0.717) is 50.2 Å². The van der Waals surface area contributed by atoms with Crippen molar-refractivity contribution in [3.05, 3.63) is 17.7 Å². The van der Waals surface area contributed by atoms with E-state index in [4.69, 9.17) is 24.7 Å². The first-order valence-corrected chi connectivity index (χ1v) is 6.74. The van der Waals surface area contributed by atoms with Crippen molar-refractivity contribution in [2.45, 2.75) is 6.54 Å². The predicted octanol–water partition coefficient (Wildman–Crippen LogP) is 0.0579. The molecule has 0 spiro atoms. The summed E-state index contributed by atoms with van der Waals surface area (Å²) in [4.78, 5) is 10.5. The molecule has 0 aliphatic carbocycles. The Bertz CT molecular complexity index is 475. The van der Waals surface area contributed by atoms with Gasteiger partial charge in [-0.15, -0.1) is 0 Å². The van der Waals surface area contributed by atoms with Crippen LogP contribution in [0.2, 0.25) is 0 Å². The van der Waals surface area contributed by atoms with Crippen LogP contribution in [0, 0.1) is 0 Å². The summed E-state index contributed by atoms with van der Waals surface area (Å²) in [5.41, 5.74) is 5.99. The molecule has 0 unspecified atom stereocenters. The first-order valence-electron chi connectivity index (χ1n) is 6.74. The van der Waals surface area contributed by atoms with Crippen molar-refractivity contribution >= 4 is 5.91 Å². The second-order valence-corrected chi connectivity index (χ2v) is 4.52. The van der Waals surface area contributed by atoms with Gasteiger partial charge >= 0.3 is 0 Å². The minimum Gasteiger partial charge on any atom is -0.493 e. The SMILES string of the molecule is COc1cc(CNCCOCC(N)=O)cc2c1OCCO2. The largest absolute Gasteiger partial charge is 0.493 e. The van der Waals surface area contributed by atoms with Gasteiger partial charge in [0.15, 0.2) is 11.5 Å². The van der Waals surface area contributed by atoms with Crippen molar-refractivity contribution in [1.82, 2.24) is 5.32 Å². The van der Waals surface area contributed by atoms with Crippen molar-refractivity contribution in [2.75, 3.05) is 40.1 Å². The van der Waals surface area contributed by atoms with Gasteiger partial charge in [0.2, 0.25) is 11.7 Å². The summed E-state index contributed by atoms with van der Waals surface area (Å²) >= 11 is 0. The lowest BCUT2D eigenvalue weighted by Gasteiger charge is -2.21. The Morgan fingerprint density at radius 3 is 2.95 bits per heavy atom. The number of nitrogens with one attached hydrogen (secondary N) is 1. The van der Waals surface area contributed by atoms with Gasteiger partial charge in [-0.1, -0.05) is 0 Å². The van der Waals surface area contributed by atoms with E-state index in [1.807, 2.05) is 12.1 Å². The normalized spacial score (nSPS) is 13.0. The van der Waals surface area contributed by atoms with Crippen LogP contribution in [-0.2, 0) is 16.1 Å². The van der Waals surface area contributed by atoms with Crippen LogP contribution >= 0.6 is 0 Å². The highest BCUT2D eigenvalue weighted by atomic mass is 16.6. The van der Waals surface area contributed by atoms with E-state index in [0.717, 1.165) is 5.56 Å². The van der Waals surface area contributed by atoms with Crippen molar-refractivity contribution < 1.29 is 23.7 Å².